The lowest BCUT2D eigenvalue weighted by Gasteiger charge is -2.35. The van der Waals surface area contributed by atoms with Crippen LogP contribution < -0.4 is 0 Å². The second-order valence-electron chi connectivity index (χ2n) is 5.83. The van der Waals surface area contributed by atoms with Gasteiger partial charge in [0.1, 0.15) is 5.82 Å². The van der Waals surface area contributed by atoms with Gasteiger partial charge in [0.15, 0.2) is 0 Å². The molecule has 1 aromatic rings. The van der Waals surface area contributed by atoms with Crippen LogP contribution in [-0.2, 0) is 11.2 Å². The number of piperazine rings is 1. The predicted molar refractivity (Wildman–Crippen MR) is 84.0 cm³/mol. The number of carbonyl (C=O) groups excluding carboxylic acids is 1. The van der Waals surface area contributed by atoms with E-state index in [4.69, 9.17) is 0 Å². The lowest BCUT2D eigenvalue weighted by Crippen LogP contribution is -2.50. The summed E-state index contributed by atoms with van der Waals surface area (Å²) in [6.45, 7) is 5.60. The third-order valence-electron chi connectivity index (χ3n) is 4.23. The number of aliphatic hydroxyl groups is 1. The Kier molecular flexibility index (Phi) is 6.34. The minimum atomic E-state index is -0.289. The van der Waals surface area contributed by atoms with Crippen molar-refractivity contribution in [2.45, 2.75) is 32.3 Å². The topological polar surface area (TPSA) is 43.8 Å². The highest BCUT2D eigenvalue weighted by Crippen LogP contribution is 2.11. The third-order valence-corrected chi connectivity index (χ3v) is 4.23. The predicted octanol–water partition coefficient (Wildman–Crippen LogP) is 1.67. The molecule has 0 spiro atoms. The van der Waals surface area contributed by atoms with Gasteiger partial charge < -0.3 is 10.0 Å². The third kappa shape index (κ3) is 4.78. The molecule has 0 bridgehead atoms. The van der Waals surface area contributed by atoms with Crippen LogP contribution in [0.3, 0.4) is 0 Å². The number of benzene rings is 1. The van der Waals surface area contributed by atoms with Crippen molar-refractivity contribution in [2.24, 2.45) is 0 Å². The number of β-amino-alcohol motifs (C(OH)–C–C–N with tert-alkyl or cyclic N) is 1. The van der Waals surface area contributed by atoms with Gasteiger partial charge in [0.05, 0.1) is 6.10 Å². The highest BCUT2D eigenvalue weighted by Gasteiger charge is 2.22. The van der Waals surface area contributed by atoms with Crippen LogP contribution in [0.4, 0.5) is 4.39 Å². The first-order valence-electron chi connectivity index (χ1n) is 8.01. The van der Waals surface area contributed by atoms with Crippen LogP contribution in [0.15, 0.2) is 24.3 Å². The molecular weight excluding hydrogens is 283 g/mol. The summed E-state index contributed by atoms with van der Waals surface area (Å²) in [6.07, 6.45) is 1.25. The molecule has 1 heterocycles. The van der Waals surface area contributed by atoms with Gasteiger partial charge in [-0.1, -0.05) is 25.1 Å². The maximum atomic E-state index is 13.5. The highest BCUT2D eigenvalue weighted by molar-refractivity contribution is 5.76. The zero-order valence-corrected chi connectivity index (χ0v) is 13.2. The molecule has 0 aliphatic carbocycles. The number of hydrogen-bond acceptors (Lipinski definition) is 3. The van der Waals surface area contributed by atoms with Crippen LogP contribution in [0.5, 0.6) is 0 Å². The van der Waals surface area contributed by atoms with E-state index in [1.807, 2.05) is 11.8 Å². The molecule has 1 atom stereocenters. The van der Waals surface area contributed by atoms with E-state index in [-0.39, 0.29) is 17.8 Å². The van der Waals surface area contributed by atoms with E-state index in [9.17, 15) is 14.3 Å². The van der Waals surface area contributed by atoms with Gasteiger partial charge in [-0.3, -0.25) is 9.69 Å². The number of aryl methyl sites for hydroxylation is 1. The Morgan fingerprint density at radius 2 is 1.95 bits per heavy atom. The molecule has 1 aliphatic rings. The summed E-state index contributed by atoms with van der Waals surface area (Å²) >= 11 is 0. The molecule has 2 rings (SSSR count). The largest absolute Gasteiger partial charge is 0.392 e. The van der Waals surface area contributed by atoms with Crippen molar-refractivity contribution < 1.29 is 14.3 Å². The standard InChI is InChI=1S/C17H25FN2O2/c1-2-15(21)13-19-9-11-20(12-10-19)17(22)8-7-14-5-3-4-6-16(14)18/h3-6,15,21H,2,7-13H2,1H3/t15-/m1/s1. The average molecular weight is 308 g/mol. The van der Waals surface area contributed by atoms with Crippen molar-refractivity contribution in [3.05, 3.63) is 35.6 Å². The van der Waals surface area contributed by atoms with Gasteiger partial charge in [-0.25, -0.2) is 4.39 Å². The van der Waals surface area contributed by atoms with Gasteiger partial charge in [-0.2, -0.15) is 0 Å². The summed E-state index contributed by atoms with van der Waals surface area (Å²) in [5.41, 5.74) is 0.598. The fourth-order valence-corrected chi connectivity index (χ4v) is 2.71. The summed E-state index contributed by atoms with van der Waals surface area (Å²) in [6, 6.07) is 6.61. The number of carbonyl (C=O) groups is 1. The zero-order chi connectivity index (χ0) is 15.9. The van der Waals surface area contributed by atoms with E-state index < -0.39 is 0 Å². The first-order valence-corrected chi connectivity index (χ1v) is 8.01. The van der Waals surface area contributed by atoms with E-state index in [0.29, 0.717) is 38.0 Å². The van der Waals surface area contributed by atoms with E-state index in [2.05, 4.69) is 4.90 Å². The molecule has 5 heteroatoms. The SMILES string of the molecule is CC[C@@H](O)CN1CCN(C(=O)CCc2ccccc2F)CC1. The summed E-state index contributed by atoms with van der Waals surface area (Å²) in [4.78, 5) is 16.2. The molecule has 1 saturated heterocycles. The highest BCUT2D eigenvalue weighted by atomic mass is 19.1. The second-order valence-corrected chi connectivity index (χ2v) is 5.83. The molecule has 0 saturated carbocycles. The van der Waals surface area contributed by atoms with E-state index in [1.165, 1.54) is 6.07 Å². The fraction of sp³-hybridized carbons (Fsp3) is 0.588. The first-order chi connectivity index (χ1) is 10.6. The number of rotatable bonds is 6. The number of amides is 1. The molecule has 0 unspecified atom stereocenters. The molecule has 1 N–H and O–H groups in total. The molecule has 0 radical (unpaired) electrons. The van der Waals surface area contributed by atoms with Crippen LogP contribution in [0.25, 0.3) is 0 Å². The Bertz CT molecular complexity index is 487. The number of halogens is 1. The van der Waals surface area contributed by atoms with Crippen molar-refractivity contribution in [1.82, 2.24) is 9.80 Å². The Morgan fingerprint density at radius 1 is 1.27 bits per heavy atom. The van der Waals surface area contributed by atoms with Crippen molar-refractivity contribution in [3.63, 3.8) is 0 Å². The average Bonchev–Trinajstić information content (AvgIpc) is 2.54. The Balaban J connectivity index is 1.74. The van der Waals surface area contributed by atoms with Gasteiger partial charge >= 0.3 is 0 Å². The smallest absolute Gasteiger partial charge is 0.222 e. The van der Waals surface area contributed by atoms with Crippen molar-refractivity contribution >= 4 is 5.91 Å². The normalized spacial score (nSPS) is 17.5. The minimum absolute atomic E-state index is 0.0824. The van der Waals surface area contributed by atoms with Crippen LogP contribution in [0.2, 0.25) is 0 Å². The van der Waals surface area contributed by atoms with Gasteiger partial charge in [-0.15, -0.1) is 0 Å². The van der Waals surface area contributed by atoms with Gasteiger partial charge in [0, 0.05) is 39.1 Å². The second kappa shape index (κ2) is 8.25. The van der Waals surface area contributed by atoms with Gasteiger partial charge in [0.2, 0.25) is 5.91 Å². The molecule has 4 nitrogen and oxygen atoms in total. The summed E-state index contributed by atoms with van der Waals surface area (Å²) < 4.78 is 13.5. The Labute approximate surface area is 131 Å². The first kappa shape index (κ1) is 16.9. The fourth-order valence-electron chi connectivity index (χ4n) is 2.71. The van der Waals surface area contributed by atoms with Crippen LogP contribution in [0, 0.1) is 5.82 Å². The zero-order valence-electron chi connectivity index (χ0n) is 13.2. The lowest BCUT2D eigenvalue weighted by atomic mass is 10.1. The van der Waals surface area contributed by atoms with Crippen molar-refractivity contribution in [3.8, 4) is 0 Å². The van der Waals surface area contributed by atoms with E-state index in [1.54, 1.807) is 18.2 Å². The summed E-state index contributed by atoms with van der Waals surface area (Å²) in [7, 11) is 0. The summed E-state index contributed by atoms with van der Waals surface area (Å²) in [5.74, 6) is -0.160. The van der Waals surface area contributed by atoms with Crippen LogP contribution in [0.1, 0.15) is 25.3 Å². The van der Waals surface area contributed by atoms with E-state index in [0.717, 1.165) is 19.5 Å². The summed E-state index contributed by atoms with van der Waals surface area (Å²) in [5, 5.41) is 9.66. The van der Waals surface area contributed by atoms with Crippen LogP contribution in [-0.4, -0.2) is 59.6 Å². The monoisotopic (exact) mass is 308 g/mol. The lowest BCUT2D eigenvalue weighted by molar-refractivity contribution is -0.133. The Hall–Kier alpha value is -1.46. The van der Waals surface area contributed by atoms with E-state index >= 15 is 0 Å². The van der Waals surface area contributed by atoms with Gasteiger partial charge in [0.25, 0.3) is 0 Å². The molecule has 1 amide bonds. The Morgan fingerprint density at radius 3 is 2.59 bits per heavy atom. The molecule has 22 heavy (non-hydrogen) atoms. The molecule has 1 aliphatic heterocycles. The van der Waals surface area contributed by atoms with Crippen molar-refractivity contribution in [1.29, 1.82) is 0 Å². The minimum Gasteiger partial charge on any atom is -0.392 e. The van der Waals surface area contributed by atoms with Crippen molar-refractivity contribution in [2.75, 3.05) is 32.7 Å². The maximum Gasteiger partial charge on any atom is 0.222 e. The molecule has 122 valence electrons. The number of nitrogens with zero attached hydrogens (tertiary/aromatic N) is 2. The molecule has 0 aromatic heterocycles. The molecule has 1 aromatic carbocycles. The van der Waals surface area contributed by atoms with Gasteiger partial charge in [-0.05, 0) is 24.5 Å². The number of aliphatic hydroxyl groups excluding tert-OH is 1. The molecular formula is C17H25FN2O2. The number of hydrogen-bond donors (Lipinski definition) is 1. The molecule has 1 fully saturated rings. The maximum absolute atomic E-state index is 13.5. The van der Waals surface area contributed by atoms with Crippen LogP contribution >= 0.6 is 0 Å². The quantitative estimate of drug-likeness (QED) is 0.869.